The summed E-state index contributed by atoms with van der Waals surface area (Å²) in [6, 6.07) is 0. The van der Waals surface area contributed by atoms with Crippen LogP contribution in [0.4, 0.5) is 5.82 Å². The van der Waals surface area contributed by atoms with Gasteiger partial charge in [-0.15, -0.1) is 0 Å². The molecule has 0 saturated carbocycles. The largest absolute Gasteiger partial charge is 0.373 e. The molecule has 5 heteroatoms. The van der Waals surface area contributed by atoms with Gasteiger partial charge in [-0.2, -0.15) is 0 Å². The maximum atomic E-state index is 5.35. The van der Waals surface area contributed by atoms with E-state index in [2.05, 4.69) is 38.1 Å². The van der Waals surface area contributed by atoms with E-state index < -0.39 is 0 Å². The van der Waals surface area contributed by atoms with Crippen LogP contribution in [-0.2, 0) is 4.74 Å². The van der Waals surface area contributed by atoms with E-state index in [0.29, 0.717) is 0 Å². The molecule has 1 aromatic rings. The minimum Gasteiger partial charge on any atom is -0.373 e. The third-order valence-corrected chi connectivity index (χ3v) is 2.70. The van der Waals surface area contributed by atoms with E-state index in [0.717, 1.165) is 29.0 Å². The monoisotopic (exact) mass is 273 g/mol. The number of hydrogen-bond acceptors (Lipinski definition) is 4. The summed E-state index contributed by atoms with van der Waals surface area (Å²) in [5.41, 5.74) is 0. The SMILES string of the molecule is CCCC(OC)c1ncc(Br)c(NC)n1. The summed E-state index contributed by atoms with van der Waals surface area (Å²) in [7, 11) is 3.52. The molecular formula is C10H16BrN3O. The zero-order chi connectivity index (χ0) is 11.3. The first-order valence-corrected chi connectivity index (χ1v) is 5.75. The Bertz CT molecular complexity index is 320. The Labute approximate surface area is 98.6 Å². The lowest BCUT2D eigenvalue weighted by Crippen LogP contribution is -2.08. The number of aromatic nitrogens is 2. The van der Waals surface area contributed by atoms with Crippen LogP contribution < -0.4 is 5.32 Å². The Kier molecular flexibility index (Phi) is 4.98. The Morgan fingerprint density at radius 2 is 2.33 bits per heavy atom. The fourth-order valence-electron chi connectivity index (χ4n) is 1.33. The van der Waals surface area contributed by atoms with Gasteiger partial charge in [0.25, 0.3) is 0 Å². The highest BCUT2D eigenvalue weighted by Crippen LogP contribution is 2.23. The standard InChI is InChI=1S/C10H16BrN3O/c1-4-5-8(15-3)10-13-6-7(11)9(12-2)14-10/h6,8H,4-5H2,1-3H3,(H,12,13,14). The molecule has 4 nitrogen and oxygen atoms in total. The van der Waals surface area contributed by atoms with Crippen LogP contribution in [0.15, 0.2) is 10.7 Å². The molecule has 1 atom stereocenters. The molecule has 15 heavy (non-hydrogen) atoms. The van der Waals surface area contributed by atoms with Gasteiger partial charge in [0.2, 0.25) is 0 Å². The van der Waals surface area contributed by atoms with Crippen molar-refractivity contribution in [3.05, 3.63) is 16.5 Å². The quantitative estimate of drug-likeness (QED) is 0.896. The predicted octanol–water partition coefficient (Wildman–Crippen LogP) is 2.77. The average Bonchev–Trinajstić information content (AvgIpc) is 2.27. The molecule has 0 fully saturated rings. The number of rotatable bonds is 5. The molecule has 1 aromatic heterocycles. The minimum atomic E-state index is -0.0183. The molecule has 0 aromatic carbocycles. The highest BCUT2D eigenvalue weighted by Gasteiger charge is 2.14. The summed E-state index contributed by atoms with van der Waals surface area (Å²) < 4.78 is 6.21. The van der Waals surface area contributed by atoms with Crippen LogP contribution in [0.2, 0.25) is 0 Å². The first-order chi connectivity index (χ1) is 7.22. The van der Waals surface area contributed by atoms with E-state index in [9.17, 15) is 0 Å². The first kappa shape index (κ1) is 12.4. The second-order valence-electron chi connectivity index (χ2n) is 3.19. The van der Waals surface area contributed by atoms with Gasteiger partial charge in [0.1, 0.15) is 11.9 Å². The van der Waals surface area contributed by atoms with E-state index in [4.69, 9.17) is 4.74 Å². The highest BCUT2D eigenvalue weighted by molar-refractivity contribution is 9.10. The normalized spacial score (nSPS) is 12.5. The summed E-state index contributed by atoms with van der Waals surface area (Å²) in [6.07, 6.45) is 3.71. The third kappa shape index (κ3) is 3.14. The number of ether oxygens (including phenoxy) is 1. The van der Waals surface area contributed by atoms with Crippen LogP contribution in [0.5, 0.6) is 0 Å². The van der Waals surface area contributed by atoms with Crippen molar-refractivity contribution in [1.82, 2.24) is 9.97 Å². The smallest absolute Gasteiger partial charge is 0.159 e. The molecule has 1 unspecified atom stereocenters. The van der Waals surface area contributed by atoms with Crippen LogP contribution in [0.1, 0.15) is 31.7 Å². The molecular weight excluding hydrogens is 258 g/mol. The second kappa shape index (κ2) is 6.02. The van der Waals surface area contributed by atoms with Crippen molar-refractivity contribution in [3.8, 4) is 0 Å². The zero-order valence-electron chi connectivity index (χ0n) is 9.25. The molecule has 0 aliphatic rings. The summed E-state index contributed by atoms with van der Waals surface area (Å²) in [6.45, 7) is 2.11. The Balaban J connectivity index is 2.92. The fraction of sp³-hybridized carbons (Fsp3) is 0.600. The minimum absolute atomic E-state index is 0.0183. The Morgan fingerprint density at radius 1 is 1.60 bits per heavy atom. The lowest BCUT2D eigenvalue weighted by molar-refractivity contribution is 0.0877. The number of halogens is 1. The van der Waals surface area contributed by atoms with Gasteiger partial charge in [0, 0.05) is 20.4 Å². The molecule has 0 saturated heterocycles. The molecule has 1 heterocycles. The van der Waals surface area contributed by atoms with Gasteiger partial charge in [-0.3, -0.25) is 0 Å². The molecule has 0 amide bonds. The van der Waals surface area contributed by atoms with Crippen molar-refractivity contribution in [2.45, 2.75) is 25.9 Å². The van der Waals surface area contributed by atoms with E-state index >= 15 is 0 Å². The van der Waals surface area contributed by atoms with Gasteiger partial charge in [-0.1, -0.05) is 13.3 Å². The van der Waals surface area contributed by atoms with Crippen molar-refractivity contribution in [1.29, 1.82) is 0 Å². The van der Waals surface area contributed by atoms with Gasteiger partial charge in [-0.25, -0.2) is 9.97 Å². The van der Waals surface area contributed by atoms with E-state index in [1.165, 1.54) is 0 Å². The lowest BCUT2D eigenvalue weighted by Gasteiger charge is -2.14. The van der Waals surface area contributed by atoms with Crippen LogP contribution in [0.25, 0.3) is 0 Å². The van der Waals surface area contributed by atoms with Gasteiger partial charge in [0.15, 0.2) is 5.82 Å². The number of hydrogen-bond donors (Lipinski definition) is 1. The second-order valence-corrected chi connectivity index (χ2v) is 4.04. The maximum Gasteiger partial charge on any atom is 0.159 e. The van der Waals surface area contributed by atoms with Crippen molar-refractivity contribution >= 4 is 21.7 Å². The van der Waals surface area contributed by atoms with Crippen LogP contribution >= 0.6 is 15.9 Å². The van der Waals surface area contributed by atoms with Crippen molar-refractivity contribution in [2.75, 3.05) is 19.5 Å². The van der Waals surface area contributed by atoms with Crippen molar-refractivity contribution < 1.29 is 4.74 Å². The summed E-state index contributed by atoms with van der Waals surface area (Å²) in [5, 5.41) is 3.00. The number of anilines is 1. The van der Waals surface area contributed by atoms with Crippen LogP contribution in [0.3, 0.4) is 0 Å². The summed E-state index contributed by atoms with van der Waals surface area (Å²) in [5.74, 6) is 1.52. The maximum absolute atomic E-state index is 5.35. The molecule has 0 spiro atoms. The van der Waals surface area contributed by atoms with Gasteiger partial charge < -0.3 is 10.1 Å². The Morgan fingerprint density at radius 3 is 2.87 bits per heavy atom. The number of nitrogens with one attached hydrogen (secondary N) is 1. The fourth-order valence-corrected chi connectivity index (χ4v) is 1.72. The highest BCUT2D eigenvalue weighted by atomic mass is 79.9. The molecule has 1 rings (SSSR count). The van der Waals surface area contributed by atoms with Gasteiger partial charge in [-0.05, 0) is 22.4 Å². The van der Waals surface area contributed by atoms with E-state index in [1.54, 1.807) is 13.3 Å². The molecule has 0 bridgehead atoms. The molecule has 0 radical (unpaired) electrons. The van der Waals surface area contributed by atoms with E-state index in [1.807, 2.05) is 7.05 Å². The third-order valence-electron chi connectivity index (χ3n) is 2.12. The van der Waals surface area contributed by atoms with Gasteiger partial charge in [0.05, 0.1) is 4.47 Å². The average molecular weight is 274 g/mol. The molecule has 0 aliphatic heterocycles. The topological polar surface area (TPSA) is 47.0 Å². The molecule has 1 N–H and O–H groups in total. The van der Waals surface area contributed by atoms with Crippen molar-refractivity contribution in [2.24, 2.45) is 0 Å². The Hall–Kier alpha value is -0.680. The van der Waals surface area contributed by atoms with E-state index in [-0.39, 0.29) is 6.10 Å². The lowest BCUT2D eigenvalue weighted by atomic mass is 10.2. The first-order valence-electron chi connectivity index (χ1n) is 4.95. The predicted molar refractivity (Wildman–Crippen MR) is 63.9 cm³/mol. The van der Waals surface area contributed by atoms with Crippen molar-refractivity contribution in [3.63, 3.8) is 0 Å². The summed E-state index contributed by atoms with van der Waals surface area (Å²) in [4.78, 5) is 8.64. The van der Waals surface area contributed by atoms with Crippen LogP contribution in [-0.4, -0.2) is 24.1 Å². The number of methoxy groups -OCH3 is 1. The molecule has 0 aliphatic carbocycles. The zero-order valence-corrected chi connectivity index (χ0v) is 10.8. The number of nitrogens with zero attached hydrogens (tertiary/aromatic N) is 2. The van der Waals surface area contributed by atoms with Crippen LogP contribution in [0, 0.1) is 0 Å². The summed E-state index contributed by atoms with van der Waals surface area (Å²) >= 11 is 3.37. The molecule has 84 valence electrons. The van der Waals surface area contributed by atoms with Gasteiger partial charge >= 0.3 is 0 Å².